The van der Waals surface area contributed by atoms with Crippen molar-refractivity contribution in [1.82, 2.24) is 10.2 Å². The van der Waals surface area contributed by atoms with Crippen LogP contribution in [-0.2, 0) is 9.59 Å². The van der Waals surface area contributed by atoms with E-state index in [2.05, 4.69) is 5.32 Å². The van der Waals surface area contributed by atoms with Crippen molar-refractivity contribution in [2.24, 2.45) is 0 Å². The Labute approximate surface area is 163 Å². The summed E-state index contributed by atoms with van der Waals surface area (Å²) in [5, 5.41) is 4.36. The summed E-state index contributed by atoms with van der Waals surface area (Å²) in [4.78, 5) is 39.8. The number of carbonyl (C=O) groups excluding carboxylic acids is 3. The van der Waals surface area contributed by atoms with Gasteiger partial charge in [0.2, 0.25) is 5.91 Å². The highest BCUT2D eigenvalue weighted by Crippen LogP contribution is 2.32. The molecule has 1 N–H and O–H groups in total. The minimum absolute atomic E-state index is 0.125. The predicted molar refractivity (Wildman–Crippen MR) is 107 cm³/mol. The van der Waals surface area contributed by atoms with E-state index in [1.165, 1.54) is 28.0 Å². The van der Waals surface area contributed by atoms with E-state index in [0.29, 0.717) is 10.7 Å². The Morgan fingerprint density at radius 2 is 1.96 bits per heavy atom. The van der Waals surface area contributed by atoms with E-state index in [-0.39, 0.29) is 30.1 Å². The van der Waals surface area contributed by atoms with E-state index in [1.807, 2.05) is 47.8 Å². The number of nitrogens with zero attached hydrogens (tertiary/aromatic N) is 1. The molecule has 2 heterocycles. The molecule has 1 aromatic heterocycles. The van der Waals surface area contributed by atoms with Crippen LogP contribution in [0, 0.1) is 0 Å². The van der Waals surface area contributed by atoms with E-state index >= 15 is 0 Å². The molecule has 0 spiro atoms. The molecule has 8 heteroatoms. The fraction of sp³-hybridized carbons (Fsp3) is 0.167. The molecule has 5 nitrogen and oxygen atoms in total. The molecule has 134 valence electrons. The molecule has 1 aliphatic rings. The lowest BCUT2D eigenvalue weighted by Gasteiger charge is -2.12. The molecule has 0 aliphatic carbocycles. The van der Waals surface area contributed by atoms with Crippen LogP contribution in [0.5, 0.6) is 0 Å². The first-order chi connectivity index (χ1) is 12.6. The number of thioether (sulfide) groups is 2. The van der Waals surface area contributed by atoms with E-state index in [0.717, 1.165) is 21.5 Å². The average molecular weight is 405 g/mol. The Kier molecular flexibility index (Phi) is 6.54. The van der Waals surface area contributed by atoms with Crippen molar-refractivity contribution in [2.75, 3.05) is 18.8 Å². The number of hydrogen-bond acceptors (Lipinski definition) is 6. The molecule has 1 aromatic carbocycles. The Morgan fingerprint density at radius 1 is 1.15 bits per heavy atom. The largest absolute Gasteiger partial charge is 0.354 e. The van der Waals surface area contributed by atoms with E-state index in [1.54, 1.807) is 6.08 Å². The third-order valence-electron chi connectivity index (χ3n) is 3.46. The zero-order chi connectivity index (χ0) is 18.4. The van der Waals surface area contributed by atoms with Crippen molar-refractivity contribution >= 4 is 58.0 Å². The first-order valence-electron chi connectivity index (χ1n) is 7.87. The maximum Gasteiger partial charge on any atom is 0.293 e. The Hall–Kier alpha value is -2.03. The maximum atomic E-state index is 12.3. The molecule has 0 atom stereocenters. The van der Waals surface area contributed by atoms with Crippen LogP contribution in [0.15, 0.2) is 57.6 Å². The van der Waals surface area contributed by atoms with Gasteiger partial charge >= 0.3 is 0 Å². The van der Waals surface area contributed by atoms with Crippen molar-refractivity contribution < 1.29 is 14.4 Å². The van der Waals surface area contributed by atoms with Gasteiger partial charge in [-0.1, -0.05) is 24.3 Å². The first kappa shape index (κ1) is 18.8. The fourth-order valence-corrected chi connectivity index (χ4v) is 4.56. The van der Waals surface area contributed by atoms with Gasteiger partial charge in [0, 0.05) is 22.9 Å². The fourth-order valence-electron chi connectivity index (χ4n) is 2.22. The van der Waals surface area contributed by atoms with Crippen LogP contribution in [0.3, 0.4) is 0 Å². The van der Waals surface area contributed by atoms with Crippen LogP contribution in [0.25, 0.3) is 6.08 Å². The number of imide groups is 1. The summed E-state index contributed by atoms with van der Waals surface area (Å²) in [5.74, 6) is -0.134. The molecule has 1 saturated heterocycles. The normalized spacial score (nSPS) is 15.7. The highest BCUT2D eigenvalue weighted by molar-refractivity contribution is 8.18. The molecule has 3 rings (SSSR count). The molecule has 2 aromatic rings. The van der Waals surface area contributed by atoms with Gasteiger partial charge < -0.3 is 5.32 Å². The molecule has 0 saturated carbocycles. The maximum absolute atomic E-state index is 12.3. The summed E-state index contributed by atoms with van der Waals surface area (Å²) in [6, 6.07) is 13.4. The number of benzene rings is 1. The van der Waals surface area contributed by atoms with E-state index in [9.17, 15) is 14.4 Å². The molecule has 1 fully saturated rings. The highest BCUT2D eigenvalue weighted by atomic mass is 32.2. The summed E-state index contributed by atoms with van der Waals surface area (Å²) in [6.07, 6.45) is 1.73. The lowest BCUT2D eigenvalue weighted by molar-refractivity contribution is -0.123. The number of amides is 3. The summed E-state index contributed by atoms with van der Waals surface area (Å²) in [5.41, 5.74) is 0. The van der Waals surface area contributed by atoms with Crippen molar-refractivity contribution in [3.8, 4) is 0 Å². The van der Waals surface area contributed by atoms with E-state index < -0.39 is 0 Å². The monoisotopic (exact) mass is 404 g/mol. The van der Waals surface area contributed by atoms with Crippen LogP contribution in [0.4, 0.5) is 4.79 Å². The van der Waals surface area contributed by atoms with Gasteiger partial charge in [0.05, 0.1) is 10.7 Å². The van der Waals surface area contributed by atoms with Crippen LogP contribution in [0.2, 0.25) is 0 Å². The smallest absolute Gasteiger partial charge is 0.293 e. The minimum atomic E-state index is -0.304. The third kappa shape index (κ3) is 5.00. The number of rotatable bonds is 7. The zero-order valence-electron chi connectivity index (χ0n) is 13.7. The van der Waals surface area contributed by atoms with Crippen LogP contribution in [0.1, 0.15) is 4.88 Å². The quantitative estimate of drug-likeness (QED) is 0.563. The number of nitrogens with one attached hydrogen (secondary N) is 1. The van der Waals surface area contributed by atoms with Crippen LogP contribution >= 0.6 is 34.9 Å². The summed E-state index contributed by atoms with van der Waals surface area (Å²) < 4.78 is 0. The van der Waals surface area contributed by atoms with Gasteiger partial charge in [0.15, 0.2) is 0 Å². The van der Waals surface area contributed by atoms with Crippen molar-refractivity contribution in [3.63, 3.8) is 0 Å². The number of hydrogen-bond donors (Lipinski definition) is 1. The number of carbonyl (C=O) groups is 3. The molecule has 1 aliphatic heterocycles. The Bertz CT molecular complexity index is 819. The second kappa shape index (κ2) is 9.07. The van der Waals surface area contributed by atoms with Gasteiger partial charge in [-0.05, 0) is 41.4 Å². The van der Waals surface area contributed by atoms with Crippen molar-refractivity contribution in [3.05, 3.63) is 57.6 Å². The standard InChI is InChI=1S/C18H16N2O3S3/c21-16(12-25-13-5-2-1-3-6-13)19-8-9-20-17(22)15(26-18(20)23)11-14-7-4-10-24-14/h1-7,10-11H,8-9,12H2,(H,19,21). The Morgan fingerprint density at radius 3 is 2.69 bits per heavy atom. The summed E-state index contributed by atoms with van der Waals surface area (Å²) in [7, 11) is 0. The second-order valence-corrected chi connectivity index (χ2v) is 8.32. The number of thiophene rings is 1. The van der Waals surface area contributed by atoms with Gasteiger partial charge in [-0.2, -0.15) is 0 Å². The molecule has 0 radical (unpaired) electrons. The molecular formula is C18H16N2O3S3. The summed E-state index contributed by atoms with van der Waals surface area (Å²) in [6.45, 7) is 0.423. The van der Waals surface area contributed by atoms with Crippen LogP contribution < -0.4 is 5.32 Å². The van der Waals surface area contributed by atoms with Gasteiger partial charge in [-0.15, -0.1) is 23.1 Å². The average Bonchev–Trinajstić information content (AvgIpc) is 3.24. The van der Waals surface area contributed by atoms with Crippen molar-refractivity contribution in [2.45, 2.75) is 4.90 Å². The first-order valence-corrected chi connectivity index (χ1v) is 10.5. The van der Waals surface area contributed by atoms with E-state index in [4.69, 9.17) is 0 Å². The molecule has 3 amide bonds. The molecule has 0 bridgehead atoms. The lowest BCUT2D eigenvalue weighted by atomic mass is 10.3. The molecule has 0 unspecified atom stereocenters. The Balaban J connectivity index is 1.45. The second-order valence-electron chi connectivity index (χ2n) is 5.30. The molecule has 26 heavy (non-hydrogen) atoms. The van der Waals surface area contributed by atoms with Gasteiger partial charge in [-0.25, -0.2) is 0 Å². The topological polar surface area (TPSA) is 66.5 Å². The van der Waals surface area contributed by atoms with Crippen molar-refractivity contribution in [1.29, 1.82) is 0 Å². The van der Waals surface area contributed by atoms with Crippen LogP contribution in [-0.4, -0.2) is 40.8 Å². The SMILES string of the molecule is O=C(CSc1ccccc1)NCCN1C(=O)SC(=Cc2cccs2)C1=O. The summed E-state index contributed by atoms with van der Waals surface area (Å²) >= 11 is 3.89. The third-order valence-corrected chi connectivity index (χ3v) is 6.20. The minimum Gasteiger partial charge on any atom is -0.354 e. The van der Waals surface area contributed by atoms with Gasteiger partial charge in [0.1, 0.15) is 0 Å². The predicted octanol–water partition coefficient (Wildman–Crippen LogP) is 3.69. The highest BCUT2D eigenvalue weighted by Gasteiger charge is 2.34. The zero-order valence-corrected chi connectivity index (χ0v) is 16.2. The van der Waals surface area contributed by atoms with Gasteiger partial charge in [-0.3, -0.25) is 19.3 Å². The molecular weight excluding hydrogens is 388 g/mol. The lowest BCUT2D eigenvalue weighted by Crippen LogP contribution is -2.37. The van der Waals surface area contributed by atoms with Gasteiger partial charge in [0.25, 0.3) is 11.1 Å².